The third kappa shape index (κ3) is 382. The molecule has 2 radical (unpaired) electrons. The number of rotatable bonds is 0. The molecule has 8 heteroatoms. The fourth-order valence-electron chi connectivity index (χ4n) is 0. The van der Waals surface area contributed by atoms with Gasteiger partial charge in [0, 0.05) is 0 Å². The molecule has 0 aliphatic rings. The second-order valence-electron chi connectivity index (χ2n) is 0.500. The first kappa shape index (κ1) is 22.5. The van der Waals surface area contributed by atoms with Crippen LogP contribution in [0, 0.1) is 83.5 Å². The Bertz CT molecular complexity index is 71.7. The number of hydrogen-bond acceptors (Lipinski definition) is 6. The van der Waals surface area contributed by atoms with Gasteiger partial charge in [-0.15, -0.1) is 0 Å². The van der Waals surface area contributed by atoms with Gasteiger partial charge in [0.1, 0.15) is 0 Å². The summed E-state index contributed by atoms with van der Waals surface area (Å²) >= 11 is 0. The molecule has 0 rings (SSSR count). The summed E-state index contributed by atoms with van der Waals surface area (Å²) in [5.41, 5.74) is 0. The minimum atomic E-state index is -2.33. The van der Waals surface area contributed by atoms with E-state index in [4.69, 9.17) is 30.0 Å². The maximum absolute atomic E-state index is 8.33. The molecule has 0 bridgehead atoms. The second kappa shape index (κ2) is 16.7. The predicted molar refractivity (Wildman–Crippen MR) is 10.8 cm³/mol. The first-order chi connectivity index (χ1) is 3.46. The first-order valence-electron chi connectivity index (χ1n) is 1.22. The molecular weight excluding hydrogens is 400 g/mol. The van der Waals surface area contributed by atoms with Crippen molar-refractivity contribution in [2.75, 3.05) is 0 Å². The van der Waals surface area contributed by atoms with Gasteiger partial charge in [0.05, 0.1) is 0 Å². The number of carboxylic acid groups (broad SMARTS) is 4. The van der Waals surface area contributed by atoms with E-state index >= 15 is 0 Å². The Morgan fingerprint density at radius 2 is 0.700 bits per heavy atom. The topological polar surface area (TPSA) is 126 Å². The summed E-state index contributed by atoms with van der Waals surface area (Å²) in [6.45, 7) is 0. The van der Waals surface area contributed by atoms with Gasteiger partial charge < -0.3 is 30.0 Å². The molecular formula is C2Ce2O6+2. The molecule has 0 aromatic heterocycles. The molecule has 0 saturated carbocycles. The van der Waals surface area contributed by atoms with Crippen molar-refractivity contribution in [3.63, 3.8) is 0 Å². The van der Waals surface area contributed by atoms with Crippen molar-refractivity contribution >= 4 is 12.3 Å². The van der Waals surface area contributed by atoms with Crippen molar-refractivity contribution < 1.29 is 114 Å². The van der Waals surface area contributed by atoms with Crippen LogP contribution in [0.3, 0.4) is 0 Å². The standard InChI is InChI=1S/2CH2O3.2Ce/c2*2-1(3)4;;/h2*(H2,2,3,4);;/q;;2*+3/p-4. The summed E-state index contributed by atoms with van der Waals surface area (Å²) < 4.78 is 0. The molecule has 0 saturated heterocycles. The van der Waals surface area contributed by atoms with E-state index in [1.165, 1.54) is 0 Å². The summed E-state index contributed by atoms with van der Waals surface area (Å²) in [5.74, 6) is 0. The molecule has 0 spiro atoms. The SMILES string of the molecule is O=C([O-])[O-].O=C([O-])[O-].[Ce+3].[Ce+3]. The molecule has 0 amide bonds. The molecule has 0 aromatic rings. The van der Waals surface area contributed by atoms with E-state index in [9.17, 15) is 0 Å². The van der Waals surface area contributed by atoms with E-state index in [0.717, 1.165) is 0 Å². The van der Waals surface area contributed by atoms with Gasteiger partial charge in [-0.1, -0.05) is 0 Å². The zero-order chi connectivity index (χ0) is 7.15. The van der Waals surface area contributed by atoms with E-state index in [1.807, 2.05) is 0 Å². The number of hydrogen-bond donors (Lipinski definition) is 0. The van der Waals surface area contributed by atoms with E-state index in [2.05, 4.69) is 0 Å². The maximum Gasteiger partial charge on any atom is 3.00 e. The second-order valence-corrected chi connectivity index (χ2v) is 0.500. The van der Waals surface area contributed by atoms with Crippen molar-refractivity contribution in [1.82, 2.24) is 0 Å². The van der Waals surface area contributed by atoms with E-state index < -0.39 is 12.3 Å². The van der Waals surface area contributed by atoms with Crippen molar-refractivity contribution in [3.8, 4) is 0 Å². The zero-order valence-corrected chi connectivity index (χ0v) is 10.7. The Morgan fingerprint density at radius 3 is 0.700 bits per heavy atom. The molecule has 0 N–H and O–H groups in total. The smallest absolute Gasteiger partial charge is 0.652 e. The molecule has 0 aliphatic carbocycles. The van der Waals surface area contributed by atoms with Gasteiger partial charge in [0.2, 0.25) is 0 Å². The Hall–Kier alpha value is 1.29. The summed E-state index contributed by atoms with van der Waals surface area (Å²) in [5, 5.41) is 33.3. The van der Waals surface area contributed by atoms with Crippen molar-refractivity contribution in [3.05, 3.63) is 0 Å². The molecule has 0 unspecified atom stereocenters. The summed E-state index contributed by atoms with van der Waals surface area (Å²) in [4.78, 5) is 16.7. The Morgan fingerprint density at radius 1 is 0.700 bits per heavy atom. The third-order valence-corrected chi connectivity index (χ3v) is 0. The van der Waals surface area contributed by atoms with Crippen molar-refractivity contribution in [2.45, 2.75) is 0 Å². The monoisotopic (exact) mass is 400 g/mol. The molecule has 50 valence electrons. The zero-order valence-electron chi connectivity index (χ0n) is 4.45. The predicted octanol–water partition coefficient (Wildman–Crippen LogP) is -4.89. The average Bonchev–Trinajstić information content (AvgIpc) is 1.25. The molecule has 0 heterocycles. The van der Waals surface area contributed by atoms with Crippen LogP contribution in [0.2, 0.25) is 0 Å². The molecule has 6 nitrogen and oxygen atoms in total. The Balaban J connectivity index is -0.0000000300. The molecule has 0 aliphatic heterocycles. The van der Waals surface area contributed by atoms with Gasteiger partial charge in [-0.05, 0) is 12.3 Å². The van der Waals surface area contributed by atoms with Gasteiger partial charge in [-0.25, -0.2) is 0 Å². The van der Waals surface area contributed by atoms with Gasteiger partial charge in [0.25, 0.3) is 0 Å². The van der Waals surface area contributed by atoms with Crippen LogP contribution in [0.15, 0.2) is 0 Å². The number of carbonyl (C=O) groups excluding carboxylic acids is 2. The summed E-state index contributed by atoms with van der Waals surface area (Å²) in [6, 6.07) is 0. The van der Waals surface area contributed by atoms with Crippen LogP contribution in [-0.4, -0.2) is 12.3 Å². The quantitative estimate of drug-likeness (QED) is 0.401. The van der Waals surface area contributed by atoms with Gasteiger partial charge in [0.15, 0.2) is 0 Å². The third-order valence-electron chi connectivity index (χ3n) is 0. The van der Waals surface area contributed by atoms with E-state index in [0.29, 0.717) is 0 Å². The molecule has 10 heavy (non-hydrogen) atoms. The average molecular weight is 400 g/mol. The van der Waals surface area contributed by atoms with Crippen molar-refractivity contribution in [2.24, 2.45) is 0 Å². The molecule has 0 atom stereocenters. The summed E-state index contributed by atoms with van der Waals surface area (Å²) in [7, 11) is 0. The van der Waals surface area contributed by atoms with Crippen LogP contribution in [0.4, 0.5) is 9.59 Å². The van der Waals surface area contributed by atoms with Crippen LogP contribution in [-0.2, 0) is 0 Å². The molecule has 0 aromatic carbocycles. The molecule has 0 fully saturated rings. The van der Waals surface area contributed by atoms with Crippen molar-refractivity contribution in [1.29, 1.82) is 0 Å². The van der Waals surface area contributed by atoms with E-state index in [-0.39, 0.29) is 83.5 Å². The Labute approximate surface area is 123 Å². The first-order valence-corrected chi connectivity index (χ1v) is 1.22. The largest absolute Gasteiger partial charge is 3.00 e. The Kier molecular flexibility index (Phi) is 37.6. The van der Waals surface area contributed by atoms with Crippen LogP contribution < -0.4 is 20.4 Å². The maximum atomic E-state index is 8.33. The van der Waals surface area contributed by atoms with Gasteiger partial charge in [-0.3, -0.25) is 0 Å². The van der Waals surface area contributed by atoms with Crippen LogP contribution in [0.25, 0.3) is 0 Å². The minimum absolute atomic E-state index is 0. The van der Waals surface area contributed by atoms with Crippen LogP contribution >= 0.6 is 0 Å². The fraction of sp³-hybridized carbons (Fsp3) is 0. The van der Waals surface area contributed by atoms with Gasteiger partial charge in [-0.2, -0.15) is 0 Å². The van der Waals surface area contributed by atoms with E-state index in [1.54, 1.807) is 0 Å². The van der Waals surface area contributed by atoms with Crippen LogP contribution in [0.5, 0.6) is 0 Å². The van der Waals surface area contributed by atoms with Gasteiger partial charge >= 0.3 is 83.5 Å². The van der Waals surface area contributed by atoms with Crippen LogP contribution in [0.1, 0.15) is 0 Å². The number of carbonyl (C=O) groups is 2. The normalized spacial score (nSPS) is 4.80. The summed E-state index contributed by atoms with van der Waals surface area (Å²) in [6.07, 6.45) is -4.67. The fourth-order valence-corrected chi connectivity index (χ4v) is 0. The minimum Gasteiger partial charge on any atom is -0.652 e.